The zero-order valence-corrected chi connectivity index (χ0v) is 23.1. The predicted molar refractivity (Wildman–Crippen MR) is 145 cm³/mol. The minimum Gasteiger partial charge on any atom is -0.507 e. The van der Waals surface area contributed by atoms with Crippen molar-refractivity contribution in [3.8, 4) is 16.9 Å². The molecule has 3 aliphatic carbocycles. The Morgan fingerprint density at radius 1 is 1.14 bits per heavy atom. The molecule has 1 aromatic carbocycles. The molecule has 1 heterocycles. The van der Waals surface area contributed by atoms with Crippen LogP contribution in [0, 0.1) is 23.7 Å². The molecule has 5 N–H and O–H groups in total. The summed E-state index contributed by atoms with van der Waals surface area (Å²) in [6.07, 6.45) is 1.55. The first-order valence-corrected chi connectivity index (χ1v) is 13.3. The lowest BCUT2D eigenvalue weighted by Crippen LogP contribution is -2.74. The van der Waals surface area contributed by atoms with E-state index in [0.29, 0.717) is 16.7 Å². The maximum absolute atomic E-state index is 13.9. The summed E-state index contributed by atoms with van der Waals surface area (Å²) in [4.78, 5) is 84.0. The smallest absolute Gasteiger partial charge is 0.251 e. The maximum atomic E-state index is 13.9. The van der Waals surface area contributed by atoms with Gasteiger partial charge in [-0.05, 0) is 62.2 Å². The summed E-state index contributed by atoms with van der Waals surface area (Å²) in [5, 5.41) is 25.0. The van der Waals surface area contributed by atoms with Gasteiger partial charge in [0.1, 0.15) is 18.2 Å². The van der Waals surface area contributed by atoms with Crippen LogP contribution in [0.2, 0.25) is 0 Å². The van der Waals surface area contributed by atoms with E-state index < -0.39 is 70.3 Å². The Balaban J connectivity index is 1.56. The molecule has 13 nitrogen and oxygen atoms in total. The number of methoxy groups -OCH3 is 1. The van der Waals surface area contributed by atoms with E-state index in [1.54, 1.807) is 18.2 Å². The molecule has 2 unspecified atom stereocenters. The number of aliphatic hydroxyl groups is 1. The van der Waals surface area contributed by atoms with E-state index in [9.17, 15) is 39.0 Å². The van der Waals surface area contributed by atoms with Crippen LogP contribution in [0.3, 0.4) is 0 Å². The third kappa shape index (κ3) is 4.32. The van der Waals surface area contributed by atoms with Crippen molar-refractivity contribution >= 4 is 40.8 Å². The van der Waals surface area contributed by atoms with Crippen LogP contribution in [0.5, 0.6) is 5.75 Å². The van der Waals surface area contributed by atoms with E-state index in [4.69, 9.17) is 10.5 Å². The number of nitrogens with two attached hydrogens (primary N) is 1. The number of benzene rings is 1. The number of rotatable bonds is 6. The first-order valence-electron chi connectivity index (χ1n) is 13.3. The number of hydrogen-bond acceptors (Lipinski definition) is 11. The second-order valence-corrected chi connectivity index (χ2v) is 11.2. The van der Waals surface area contributed by atoms with Crippen LogP contribution in [-0.4, -0.2) is 94.5 Å². The SMILES string of the molecule is COCC(=O)Nc1ccc(-c2ccc(O)c3c2C[C@H]2C[C@H]4[C@H](N(C)C)C(=O)C(C(N)=O)C(=O)[C@@]4(O)C(=O)C2C3=O)cn1. The van der Waals surface area contributed by atoms with Gasteiger partial charge in [0.25, 0.3) is 5.91 Å². The van der Waals surface area contributed by atoms with Crippen LogP contribution >= 0.6 is 0 Å². The molecule has 6 atom stereocenters. The highest BCUT2D eigenvalue weighted by Gasteiger charge is 2.69. The van der Waals surface area contributed by atoms with Crippen molar-refractivity contribution in [2.75, 3.05) is 33.1 Å². The van der Waals surface area contributed by atoms with Gasteiger partial charge in [0.15, 0.2) is 34.7 Å². The van der Waals surface area contributed by atoms with Gasteiger partial charge in [-0.1, -0.05) is 6.07 Å². The van der Waals surface area contributed by atoms with E-state index in [0.717, 1.165) is 0 Å². The lowest BCUT2D eigenvalue weighted by atomic mass is 9.52. The number of anilines is 1. The first-order chi connectivity index (χ1) is 19.8. The first kappa shape index (κ1) is 29.2. The van der Waals surface area contributed by atoms with Crippen LogP contribution in [0.4, 0.5) is 5.82 Å². The molecular weight excluding hydrogens is 548 g/mol. The Kier molecular flexibility index (Phi) is 7.29. The topological polar surface area (TPSA) is 206 Å². The highest BCUT2D eigenvalue weighted by atomic mass is 16.5. The van der Waals surface area contributed by atoms with Crippen LogP contribution in [0.1, 0.15) is 22.3 Å². The number of carbonyl (C=O) groups excluding carboxylic acids is 6. The fraction of sp³-hybridized carbons (Fsp3) is 0.414. The number of carbonyl (C=O) groups is 6. The number of phenolic OH excluding ortho intramolecular Hbond substituents is 1. The molecular formula is C29H30N4O9. The molecule has 3 aliphatic rings. The number of nitrogens with zero attached hydrogens (tertiary/aromatic N) is 2. The number of ether oxygens (including phenoxy) is 1. The number of aromatic nitrogens is 1. The zero-order chi connectivity index (χ0) is 30.7. The molecule has 42 heavy (non-hydrogen) atoms. The van der Waals surface area contributed by atoms with E-state index in [-0.39, 0.29) is 36.6 Å². The Labute approximate surface area is 240 Å². The Morgan fingerprint density at radius 2 is 1.86 bits per heavy atom. The van der Waals surface area contributed by atoms with Gasteiger partial charge >= 0.3 is 0 Å². The van der Waals surface area contributed by atoms with Crippen molar-refractivity contribution in [3.63, 3.8) is 0 Å². The van der Waals surface area contributed by atoms with Crippen molar-refractivity contribution in [1.82, 2.24) is 9.88 Å². The fourth-order valence-corrected chi connectivity index (χ4v) is 6.81. The van der Waals surface area contributed by atoms with Crippen LogP contribution in [0.25, 0.3) is 11.1 Å². The standard InChI is InChI=1S/C29H30N4O9/c1-33(2)23-16-9-13-8-15-14(12-4-7-18(31-10-12)32-19(35)11-42-3)5-6-17(34)21(15)24(36)20(13)26(38)29(16,41)27(39)22(25(23)37)28(30)40/h4-7,10,13,16,20,22-23,34,41H,8-9,11H2,1-3H3,(H2,30,40)(H,31,32,35)/t13-,16-,20?,22?,23-,29-/m0/s1. The average molecular weight is 579 g/mol. The normalized spacial score (nSPS) is 28.6. The van der Waals surface area contributed by atoms with E-state index in [2.05, 4.69) is 10.3 Å². The maximum Gasteiger partial charge on any atom is 0.251 e. The van der Waals surface area contributed by atoms with Crippen molar-refractivity contribution in [1.29, 1.82) is 0 Å². The Hall–Kier alpha value is -4.33. The Bertz CT molecular complexity index is 1540. The summed E-state index contributed by atoms with van der Waals surface area (Å²) in [6, 6.07) is 4.97. The van der Waals surface area contributed by atoms with Gasteiger partial charge in [0.05, 0.1) is 17.5 Å². The van der Waals surface area contributed by atoms with Crippen LogP contribution in [0.15, 0.2) is 30.5 Å². The van der Waals surface area contributed by atoms with Crippen LogP contribution < -0.4 is 11.1 Å². The fourth-order valence-electron chi connectivity index (χ4n) is 6.81. The van der Waals surface area contributed by atoms with Gasteiger partial charge in [-0.15, -0.1) is 0 Å². The largest absolute Gasteiger partial charge is 0.507 e. The number of primary amides is 1. The number of likely N-dealkylation sites (N-methyl/N-ethyl adjacent to an activating group) is 1. The predicted octanol–water partition coefficient (Wildman–Crippen LogP) is -0.486. The number of nitrogens with one attached hydrogen (secondary N) is 1. The van der Waals surface area contributed by atoms with E-state index in [1.165, 1.54) is 38.4 Å². The second kappa shape index (κ2) is 10.5. The van der Waals surface area contributed by atoms with Crippen molar-refractivity contribution < 1.29 is 43.7 Å². The third-order valence-electron chi connectivity index (χ3n) is 8.56. The van der Waals surface area contributed by atoms with Gasteiger partial charge in [-0.25, -0.2) is 4.98 Å². The highest BCUT2D eigenvalue weighted by molar-refractivity contribution is 6.32. The highest BCUT2D eigenvalue weighted by Crippen LogP contribution is 2.51. The molecule has 2 aromatic rings. The zero-order valence-electron chi connectivity index (χ0n) is 23.1. The lowest BCUT2D eigenvalue weighted by molar-refractivity contribution is -0.181. The van der Waals surface area contributed by atoms with Crippen LogP contribution in [-0.2, 0) is 35.1 Å². The number of aromatic hydroxyl groups is 1. The summed E-state index contributed by atoms with van der Waals surface area (Å²) >= 11 is 0. The second-order valence-electron chi connectivity index (χ2n) is 11.2. The quantitative estimate of drug-likeness (QED) is 0.322. The average Bonchev–Trinajstić information content (AvgIpc) is 2.91. The van der Waals surface area contributed by atoms with Gasteiger partial charge < -0.3 is 26.0 Å². The van der Waals surface area contributed by atoms with Gasteiger partial charge in [0, 0.05) is 24.8 Å². The molecule has 0 radical (unpaired) electrons. The summed E-state index contributed by atoms with van der Waals surface area (Å²) < 4.78 is 4.79. The summed E-state index contributed by atoms with van der Waals surface area (Å²) in [5.41, 5.74) is 4.02. The summed E-state index contributed by atoms with van der Waals surface area (Å²) in [7, 11) is 4.44. The molecule has 2 fully saturated rings. The number of ketones is 4. The number of hydrogen-bond donors (Lipinski definition) is 4. The van der Waals surface area contributed by atoms with Crippen molar-refractivity contribution in [3.05, 3.63) is 41.6 Å². The monoisotopic (exact) mass is 578 g/mol. The summed E-state index contributed by atoms with van der Waals surface area (Å²) in [5.74, 6) is -11.2. The van der Waals surface area contributed by atoms with E-state index >= 15 is 0 Å². The molecule has 1 aromatic heterocycles. The summed E-state index contributed by atoms with van der Waals surface area (Å²) in [6.45, 7) is -0.149. The molecule has 0 spiro atoms. The number of fused-ring (bicyclic) bond motifs is 3. The van der Waals surface area contributed by atoms with Crippen molar-refractivity contribution in [2.45, 2.75) is 24.5 Å². The van der Waals surface area contributed by atoms with Gasteiger partial charge in [-0.3, -0.25) is 33.7 Å². The molecule has 2 saturated carbocycles. The molecule has 0 bridgehead atoms. The molecule has 220 valence electrons. The lowest BCUT2D eigenvalue weighted by Gasteiger charge is -2.52. The van der Waals surface area contributed by atoms with Crippen molar-refractivity contribution in [2.24, 2.45) is 29.4 Å². The van der Waals surface area contributed by atoms with E-state index in [1.807, 2.05) is 0 Å². The minimum atomic E-state index is -2.78. The minimum absolute atomic E-state index is 0.0539. The third-order valence-corrected chi connectivity index (χ3v) is 8.56. The molecule has 0 aliphatic heterocycles. The molecule has 0 saturated heterocycles. The number of pyridine rings is 1. The number of phenols is 1. The number of Topliss-reactive ketones (excluding diaryl/α,β-unsaturated/α-hetero) is 4. The van der Waals surface area contributed by atoms with Gasteiger partial charge in [0.2, 0.25) is 5.91 Å². The Morgan fingerprint density at radius 3 is 2.45 bits per heavy atom. The molecule has 2 amide bonds. The van der Waals surface area contributed by atoms with Gasteiger partial charge in [-0.2, -0.15) is 0 Å². The molecule has 5 rings (SSSR count). The molecule has 13 heteroatoms. The number of amides is 2.